The third-order valence-electron chi connectivity index (χ3n) is 5.18. The maximum atomic E-state index is 12.3. The molecule has 0 bridgehead atoms. The van der Waals surface area contributed by atoms with Crippen molar-refractivity contribution in [3.8, 4) is 0 Å². The van der Waals surface area contributed by atoms with Crippen LogP contribution >= 0.6 is 0 Å². The molecule has 132 valence electrons. The summed E-state index contributed by atoms with van der Waals surface area (Å²) >= 11 is 0. The van der Waals surface area contributed by atoms with Gasteiger partial charge in [-0.15, -0.1) is 0 Å². The highest BCUT2D eigenvalue weighted by Gasteiger charge is 2.22. The van der Waals surface area contributed by atoms with Crippen LogP contribution in [0.15, 0.2) is 24.5 Å². The third-order valence-corrected chi connectivity index (χ3v) is 5.18. The minimum Gasteiger partial charge on any atom is -0.367 e. The SMILES string of the molecule is C[C@H](CCNC(=O)N1CCN(c2cccnc2)CC1)N1CCCC1. The molecule has 2 aliphatic rings. The molecule has 1 atom stereocenters. The fraction of sp³-hybridized carbons (Fsp3) is 0.667. The highest BCUT2D eigenvalue weighted by atomic mass is 16.2. The molecule has 3 heterocycles. The van der Waals surface area contributed by atoms with Crippen molar-refractivity contribution in [2.75, 3.05) is 50.7 Å². The van der Waals surface area contributed by atoms with Crippen molar-refractivity contribution in [3.05, 3.63) is 24.5 Å². The largest absolute Gasteiger partial charge is 0.367 e. The van der Waals surface area contributed by atoms with E-state index in [4.69, 9.17) is 0 Å². The summed E-state index contributed by atoms with van der Waals surface area (Å²) in [6.07, 6.45) is 7.34. The van der Waals surface area contributed by atoms with E-state index in [2.05, 4.69) is 33.1 Å². The van der Waals surface area contributed by atoms with Gasteiger partial charge in [0.15, 0.2) is 0 Å². The molecule has 6 heteroatoms. The van der Waals surface area contributed by atoms with Gasteiger partial charge in [-0.25, -0.2) is 4.79 Å². The number of amides is 2. The molecule has 0 radical (unpaired) electrons. The van der Waals surface area contributed by atoms with Crippen LogP contribution in [0.2, 0.25) is 0 Å². The van der Waals surface area contributed by atoms with Gasteiger partial charge in [-0.2, -0.15) is 0 Å². The van der Waals surface area contributed by atoms with Crippen LogP contribution in [0.3, 0.4) is 0 Å². The van der Waals surface area contributed by atoms with Gasteiger partial charge >= 0.3 is 6.03 Å². The zero-order valence-corrected chi connectivity index (χ0v) is 14.7. The maximum absolute atomic E-state index is 12.3. The first-order valence-electron chi connectivity index (χ1n) is 9.16. The Balaban J connectivity index is 1.36. The van der Waals surface area contributed by atoms with Crippen LogP contribution < -0.4 is 10.2 Å². The molecule has 2 saturated heterocycles. The lowest BCUT2D eigenvalue weighted by Gasteiger charge is -2.36. The molecule has 1 aromatic heterocycles. The van der Waals surface area contributed by atoms with Crippen molar-refractivity contribution < 1.29 is 4.79 Å². The van der Waals surface area contributed by atoms with E-state index < -0.39 is 0 Å². The Morgan fingerprint density at radius 1 is 1.21 bits per heavy atom. The maximum Gasteiger partial charge on any atom is 0.317 e. The number of piperazine rings is 1. The van der Waals surface area contributed by atoms with Gasteiger partial charge in [0.1, 0.15) is 0 Å². The van der Waals surface area contributed by atoms with Gasteiger partial charge in [-0.05, 0) is 51.4 Å². The summed E-state index contributed by atoms with van der Waals surface area (Å²) in [6.45, 7) is 8.72. The molecular formula is C18H29N5O. The molecular weight excluding hydrogens is 302 g/mol. The molecule has 24 heavy (non-hydrogen) atoms. The lowest BCUT2D eigenvalue weighted by molar-refractivity contribution is 0.191. The van der Waals surface area contributed by atoms with Crippen molar-refractivity contribution in [2.45, 2.75) is 32.2 Å². The molecule has 2 fully saturated rings. The Labute approximate surface area is 144 Å². The molecule has 0 aliphatic carbocycles. The molecule has 1 N–H and O–H groups in total. The number of hydrogen-bond acceptors (Lipinski definition) is 4. The molecule has 2 aliphatic heterocycles. The van der Waals surface area contributed by atoms with Crippen LogP contribution in [-0.2, 0) is 0 Å². The zero-order chi connectivity index (χ0) is 16.8. The van der Waals surface area contributed by atoms with Gasteiger partial charge in [-0.1, -0.05) is 0 Å². The fourth-order valence-electron chi connectivity index (χ4n) is 3.57. The number of nitrogens with zero attached hydrogens (tertiary/aromatic N) is 4. The van der Waals surface area contributed by atoms with E-state index in [1.54, 1.807) is 6.20 Å². The minimum absolute atomic E-state index is 0.0782. The number of carbonyl (C=O) groups is 1. The normalized spacial score (nSPS) is 20.2. The number of anilines is 1. The summed E-state index contributed by atoms with van der Waals surface area (Å²) < 4.78 is 0. The smallest absolute Gasteiger partial charge is 0.317 e. The van der Waals surface area contributed by atoms with E-state index in [0.717, 1.165) is 44.8 Å². The average molecular weight is 331 g/mol. The van der Waals surface area contributed by atoms with Gasteiger partial charge < -0.3 is 20.0 Å². The third kappa shape index (κ3) is 4.38. The summed E-state index contributed by atoms with van der Waals surface area (Å²) in [7, 11) is 0. The quantitative estimate of drug-likeness (QED) is 0.894. The van der Waals surface area contributed by atoms with Crippen molar-refractivity contribution in [2.24, 2.45) is 0 Å². The Hall–Kier alpha value is -1.82. The predicted molar refractivity (Wildman–Crippen MR) is 96.3 cm³/mol. The topological polar surface area (TPSA) is 51.7 Å². The number of pyridine rings is 1. The van der Waals surface area contributed by atoms with Crippen molar-refractivity contribution in [1.29, 1.82) is 0 Å². The van der Waals surface area contributed by atoms with Crippen molar-refractivity contribution in [3.63, 3.8) is 0 Å². The first-order valence-corrected chi connectivity index (χ1v) is 9.16. The van der Waals surface area contributed by atoms with Crippen LogP contribution in [-0.4, -0.2) is 72.7 Å². The minimum atomic E-state index is 0.0782. The number of likely N-dealkylation sites (tertiary alicyclic amines) is 1. The van der Waals surface area contributed by atoms with Gasteiger partial charge in [-0.3, -0.25) is 4.98 Å². The van der Waals surface area contributed by atoms with E-state index in [-0.39, 0.29) is 6.03 Å². The number of hydrogen-bond donors (Lipinski definition) is 1. The summed E-state index contributed by atoms with van der Waals surface area (Å²) in [5.74, 6) is 0. The summed E-state index contributed by atoms with van der Waals surface area (Å²) in [5.41, 5.74) is 1.14. The monoisotopic (exact) mass is 331 g/mol. The number of aromatic nitrogens is 1. The first kappa shape index (κ1) is 17.0. The van der Waals surface area contributed by atoms with Gasteiger partial charge in [0, 0.05) is 45.0 Å². The van der Waals surface area contributed by atoms with Crippen LogP contribution in [0.25, 0.3) is 0 Å². The zero-order valence-electron chi connectivity index (χ0n) is 14.7. The van der Waals surface area contributed by atoms with Gasteiger partial charge in [0.2, 0.25) is 0 Å². The van der Waals surface area contributed by atoms with Crippen molar-refractivity contribution in [1.82, 2.24) is 20.1 Å². The standard InChI is InChI=1S/C18H29N5O/c1-16(21-9-2-3-10-21)6-8-20-18(24)23-13-11-22(12-14-23)17-5-4-7-19-15-17/h4-5,7,15-16H,2-3,6,8-14H2,1H3,(H,20,24)/t16-/m1/s1. The molecule has 3 rings (SSSR count). The first-order chi connectivity index (χ1) is 11.7. The van der Waals surface area contributed by atoms with E-state index in [9.17, 15) is 4.79 Å². The average Bonchev–Trinajstić information content (AvgIpc) is 3.17. The summed E-state index contributed by atoms with van der Waals surface area (Å²) in [5, 5.41) is 3.09. The Morgan fingerprint density at radius 3 is 2.62 bits per heavy atom. The molecule has 0 unspecified atom stereocenters. The highest BCUT2D eigenvalue weighted by Crippen LogP contribution is 2.15. The number of rotatable bonds is 5. The summed E-state index contributed by atoms with van der Waals surface area (Å²) in [4.78, 5) is 23.2. The molecule has 0 saturated carbocycles. The highest BCUT2D eigenvalue weighted by molar-refractivity contribution is 5.74. The second-order valence-electron chi connectivity index (χ2n) is 6.80. The van der Waals surface area contributed by atoms with Gasteiger partial charge in [0.05, 0.1) is 11.9 Å². The molecule has 0 spiro atoms. The lowest BCUT2D eigenvalue weighted by Crippen LogP contribution is -2.52. The van der Waals surface area contributed by atoms with Crippen LogP contribution in [0, 0.1) is 0 Å². The lowest BCUT2D eigenvalue weighted by atomic mass is 10.2. The van der Waals surface area contributed by atoms with Gasteiger partial charge in [0.25, 0.3) is 0 Å². The fourth-order valence-corrected chi connectivity index (χ4v) is 3.57. The van der Waals surface area contributed by atoms with E-state index >= 15 is 0 Å². The van der Waals surface area contributed by atoms with Crippen LogP contribution in [0.5, 0.6) is 0 Å². The van der Waals surface area contributed by atoms with Crippen LogP contribution in [0.4, 0.5) is 10.5 Å². The Bertz CT molecular complexity index is 509. The Morgan fingerprint density at radius 2 is 1.96 bits per heavy atom. The van der Waals surface area contributed by atoms with Crippen LogP contribution in [0.1, 0.15) is 26.2 Å². The Kier molecular flexibility index (Phi) is 5.91. The summed E-state index contributed by atoms with van der Waals surface area (Å²) in [6, 6.07) is 4.67. The second-order valence-corrected chi connectivity index (χ2v) is 6.80. The number of carbonyl (C=O) groups excluding carboxylic acids is 1. The molecule has 1 aromatic rings. The number of urea groups is 1. The predicted octanol–water partition coefficient (Wildman–Crippen LogP) is 1.79. The van der Waals surface area contributed by atoms with E-state index in [1.165, 1.54) is 25.9 Å². The molecule has 0 aromatic carbocycles. The van der Waals surface area contributed by atoms with E-state index in [0.29, 0.717) is 6.04 Å². The number of nitrogens with one attached hydrogen (secondary N) is 1. The molecule has 6 nitrogen and oxygen atoms in total. The second kappa shape index (κ2) is 8.33. The van der Waals surface area contributed by atoms with E-state index in [1.807, 2.05) is 17.2 Å². The molecule has 2 amide bonds. The van der Waals surface area contributed by atoms with Crippen molar-refractivity contribution >= 4 is 11.7 Å².